The molecule has 1 atom stereocenters. The van der Waals surface area contributed by atoms with E-state index in [1.54, 1.807) is 6.92 Å². The van der Waals surface area contributed by atoms with Gasteiger partial charge in [0.15, 0.2) is 0 Å². The molecule has 0 aliphatic heterocycles. The Labute approximate surface area is 137 Å². The topological polar surface area (TPSA) is 142 Å². The third-order valence-electron chi connectivity index (χ3n) is 3.61. The smallest absolute Gasteiger partial charge is 0.448 e. The van der Waals surface area contributed by atoms with Gasteiger partial charge in [-0.05, 0) is 31.7 Å². The van der Waals surface area contributed by atoms with Gasteiger partial charge in [-0.25, -0.2) is 4.79 Å². The lowest BCUT2D eigenvalue weighted by molar-refractivity contribution is -0.397. The molecule has 1 N–H and O–H groups in total. The van der Waals surface area contributed by atoms with Gasteiger partial charge in [0.1, 0.15) is 5.60 Å². The zero-order valence-electron chi connectivity index (χ0n) is 13.6. The van der Waals surface area contributed by atoms with E-state index in [0.29, 0.717) is 12.0 Å². The summed E-state index contributed by atoms with van der Waals surface area (Å²) in [5, 5.41) is 31.1. The van der Waals surface area contributed by atoms with Crippen LogP contribution in [-0.4, -0.2) is 21.1 Å². The number of hydrogen-bond donors (Lipinski definition) is 1. The molecule has 0 fully saturated rings. The van der Waals surface area contributed by atoms with Crippen LogP contribution in [0, 0.1) is 20.2 Å². The summed E-state index contributed by atoms with van der Waals surface area (Å²) < 4.78 is 0. The fourth-order valence-corrected chi connectivity index (χ4v) is 2.33. The molecule has 0 saturated heterocycles. The van der Waals surface area contributed by atoms with Crippen LogP contribution < -0.4 is 0 Å². The van der Waals surface area contributed by atoms with Gasteiger partial charge in [-0.15, -0.1) is 0 Å². The summed E-state index contributed by atoms with van der Waals surface area (Å²) in [4.78, 5) is 40.5. The van der Waals surface area contributed by atoms with Crippen LogP contribution in [-0.2, 0) is 15.4 Å². The van der Waals surface area contributed by atoms with Crippen molar-refractivity contribution in [2.75, 3.05) is 0 Å². The predicted octanol–water partition coefficient (Wildman–Crippen LogP) is 3.88. The average Bonchev–Trinajstić information content (AvgIpc) is 2.50. The van der Waals surface area contributed by atoms with Crippen LogP contribution in [0.25, 0.3) is 0 Å². The second kappa shape index (κ2) is 7.21. The molecule has 0 radical (unpaired) electrons. The van der Waals surface area contributed by atoms with Crippen LogP contribution >= 0.6 is 0 Å². The summed E-state index contributed by atoms with van der Waals surface area (Å²) in [5.41, 5.74) is -2.10. The Bertz CT molecular complexity index is 671. The number of rotatable bonds is 7. The SMILES string of the molecule is CCC(C)c1cc([N+](=O)[O-])cc([N+](=O)[O-])c1C(C)(C)OOC(=O)O. The van der Waals surface area contributed by atoms with Crippen molar-refractivity contribution >= 4 is 17.5 Å². The molecule has 24 heavy (non-hydrogen) atoms. The maximum absolute atomic E-state index is 11.4. The normalized spacial score (nSPS) is 12.5. The number of carboxylic acid groups (broad SMARTS) is 1. The predicted molar refractivity (Wildman–Crippen MR) is 81.7 cm³/mol. The van der Waals surface area contributed by atoms with Crippen LogP contribution in [0.1, 0.15) is 51.2 Å². The van der Waals surface area contributed by atoms with E-state index < -0.39 is 33.0 Å². The number of nitrogens with zero attached hydrogens (tertiary/aromatic N) is 2. The van der Waals surface area contributed by atoms with E-state index in [1.165, 1.54) is 19.9 Å². The zero-order valence-corrected chi connectivity index (χ0v) is 13.6. The quantitative estimate of drug-likeness (QED) is 0.447. The minimum absolute atomic E-state index is 0.0358. The molecule has 1 aromatic carbocycles. The highest BCUT2D eigenvalue weighted by molar-refractivity contribution is 5.58. The molecular formula is C14H18N2O8. The summed E-state index contributed by atoms with van der Waals surface area (Å²) >= 11 is 0. The zero-order chi connectivity index (χ0) is 18.7. The molecule has 0 heterocycles. The van der Waals surface area contributed by atoms with Crippen LogP contribution in [0.3, 0.4) is 0 Å². The van der Waals surface area contributed by atoms with Crippen molar-refractivity contribution in [3.63, 3.8) is 0 Å². The van der Waals surface area contributed by atoms with E-state index in [-0.39, 0.29) is 11.5 Å². The third kappa shape index (κ3) is 4.16. The van der Waals surface area contributed by atoms with Crippen molar-refractivity contribution in [2.45, 2.75) is 45.6 Å². The molecule has 132 valence electrons. The largest absolute Gasteiger partial charge is 0.537 e. The second-order valence-electron chi connectivity index (χ2n) is 5.70. The number of nitro benzene ring substituents is 2. The molecule has 0 spiro atoms. The van der Waals surface area contributed by atoms with Crippen LogP contribution in [0.15, 0.2) is 12.1 Å². The van der Waals surface area contributed by atoms with Crippen molar-refractivity contribution in [3.8, 4) is 0 Å². The maximum Gasteiger partial charge on any atom is 0.537 e. The summed E-state index contributed by atoms with van der Waals surface area (Å²) in [7, 11) is 0. The van der Waals surface area contributed by atoms with Crippen LogP contribution in [0.5, 0.6) is 0 Å². The monoisotopic (exact) mass is 342 g/mol. The maximum atomic E-state index is 11.4. The second-order valence-corrected chi connectivity index (χ2v) is 5.70. The Balaban J connectivity index is 3.67. The fraction of sp³-hybridized carbons (Fsp3) is 0.500. The average molecular weight is 342 g/mol. The first-order valence-electron chi connectivity index (χ1n) is 7.07. The molecule has 10 nitrogen and oxygen atoms in total. The van der Waals surface area contributed by atoms with E-state index in [0.717, 1.165) is 6.07 Å². The standard InChI is InChI=1S/C14H18N2O8/c1-5-8(2)10-6-9(15(19)20)7-11(16(21)22)12(10)14(3,4)24-23-13(17)18/h6-8H,5H2,1-4H3,(H,17,18). The molecule has 0 aliphatic carbocycles. The number of carbonyl (C=O) groups is 1. The van der Waals surface area contributed by atoms with Gasteiger partial charge in [-0.3, -0.25) is 25.1 Å². The highest BCUT2D eigenvalue weighted by Gasteiger charge is 2.38. The van der Waals surface area contributed by atoms with E-state index >= 15 is 0 Å². The van der Waals surface area contributed by atoms with Crippen LogP contribution in [0.4, 0.5) is 16.2 Å². The van der Waals surface area contributed by atoms with E-state index in [1.807, 2.05) is 6.92 Å². The molecule has 1 aromatic rings. The lowest BCUT2D eigenvalue weighted by Crippen LogP contribution is -2.27. The van der Waals surface area contributed by atoms with E-state index in [9.17, 15) is 25.0 Å². The van der Waals surface area contributed by atoms with Crippen LogP contribution in [0.2, 0.25) is 0 Å². The van der Waals surface area contributed by atoms with Gasteiger partial charge in [0.25, 0.3) is 11.4 Å². The Hall–Kier alpha value is -2.75. The Morgan fingerprint density at radius 2 is 1.88 bits per heavy atom. The molecule has 10 heteroatoms. The van der Waals surface area contributed by atoms with Gasteiger partial charge < -0.3 is 5.11 Å². The van der Waals surface area contributed by atoms with Gasteiger partial charge in [0, 0.05) is 6.07 Å². The van der Waals surface area contributed by atoms with Gasteiger partial charge >= 0.3 is 6.16 Å². The lowest BCUT2D eigenvalue weighted by atomic mass is 9.84. The highest BCUT2D eigenvalue weighted by Crippen LogP contribution is 2.42. The first-order chi connectivity index (χ1) is 11.0. The van der Waals surface area contributed by atoms with Gasteiger partial charge in [0.2, 0.25) is 0 Å². The number of benzene rings is 1. The lowest BCUT2D eigenvalue weighted by Gasteiger charge is -2.26. The molecule has 0 bridgehead atoms. The first-order valence-corrected chi connectivity index (χ1v) is 7.07. The number of hydrogen-bond acceptors (Lipinski definition) is 7. The number of nitro groups is 2. The Morgan fingerprint density at radius 1 is 1.29 bits per heavy atom. The minimum atomic E-state index is -1.71. The Kier molecular flexibility index (Phi) is 5.80. The number of non-ortho nitro benzene ring substituents is 1. The summed E-state index contributed by atoms with van der Waals surface area (Å²) in [5.74, 6) is -0.258. The summed E-state index contributed by atoms with van der Waals surface area (Å²) in [6.45, 7) is 6.34. The van der Waals surface area contributed by atoms with Gasteiger partial charge in [-0.2, -0.15) is 4.89 Å². The van der Waals surface area contributed by atoms with Crippen molar-refractivity contribution < 1.29 is 29.5 Å². The van der Waals surface area contributed by atoms with Gasteiger partial charge in [0.05, 0.1) is 21.5 Å². The van der Waals surface area contributed by atoms with E-state index in [4.69, 9.17) is 9.99 Å². The summed E-state index contributed by atoms with van der Waals surface area (Å²) in [6, 6.07) is 2.06. The molecule has 0 aromatic heterocycles. The minimum Gasteiger partial charge on any atom is -0.448 e. The molecule has 0 aliphatic rings. The molecular weight excluding hydrogens is 324 g/mol. The van der Waals surface area contributed by atoms with Crippen molar-refractivity contribution in [1.29, 1.82) is 0 Å². The molecule has 0 saturated carbocycles. The van der Waals surface area contributed by atoms with Gasteiger partial charge in [-0.1, -0.05) is 13.8 Å². The highest BCUT2D eigenvalue weighted by atomic mass is 17.2. The fourth-order valence-electron chi connectivity index (χ4n) is 2.33. The molecule has 1 rings (SSSR count). The van der Waals surface area contributed by atoms with Crippen molar-refractivity contribution in [2.24, 2.45) is 0 Å². The van der Waals surface area contributed by atoms with Crippen molar-refractivity contribution in [1.82, 2.24) is 0 Å². The summed E-state index contributed by atoms with van der Waals surface area (Å²) in [6.07, 6.45) is -1.15. The van der Waals surface area contributed by atoms with E-state index in [2.05, 4.69) is 4.89 Å². The van der Waals surface area contributed by atoms with Crippen molar-refractivity contribution in [3.05, 3.63) is 43.5 Å². The first kappa shape index (κ1) is 19.3. The molecule has 1 unspecified atom stereocenters. The molecule has 0 amide bonds. The third-order valence-corrected chi connectivity index (χ3v) is 3.61. The Morgan fingerprint density at radius 3 is 2.29 bits per heavy atom.